The fourth-order valence-corrected chi connectivity index (χ4v) is 1.18. The van der Waals surface area contributed by atoms with E-state index in [2.05, 4.69) is 15.3 Å². The van der Waals surface area contributed by atoms with E-state index in [0.29, 0.717) is 12.8 Å². The first-order valence-electron chi connectivity index (χ1n) is 4.19. The van der Waals surface area contributed by atoms with E-state index in [4.69, 9.17) is 5.11 Å². The lowest BCUT2D eigenvalue weighted by Gasteiger charge is -2.11. The van der Waals surface area contributed by atoms with Crippen LogP contribution >= 0.6 is 0 Å². The molecular formula is C8H9N3O3. The van der Waals surface area contributed by atoms with Gasteiger partial charge >= 0.3 is 5.97 Å². The summed E-state index contributed by atoms with van der Waals surface area (Å²) in [4.78, 5) is 28.2. The maximum Gasteiger partial charge on any atom is 0.329 e. The van der Waals surface area contributed by atoms with Crippen LogP contribution in [0.5, 0.6) is 0 Å². The zero-order chi connectivity index (χ0) is 10.2. The first kappa shape index (κ1) is 8.74. The van der Waals surface area contributed by atoms with Gasteiger partial charge in [0, 0.05) is 12.4 Å². The Morgan fingerprint density at radius 3 is 2.86 bits per heavy atom. The predicted octanol–water partition coefficient (Wildman–Crippen LogP) is -0.201. The van der Waals surface area contributed by atoms with Crippen molar-refractivity contribution in [2.45, 2.75) is 18.4 Å². The van der Waals surface area contributed by atoms with E-state index in [1.165, 1.54) is 12.4 Å². The van der Waals surface area contributed by atoms with Crippen LogP contribution in [0, 0.1) is 0 Å². The van der Waals surface area contributed by atoms with Crippen LogP contribution in [0.2, 0.25) is 0 Å². The minimum absolute atomic E-state index is 0.0624. The van der Waals surface area contributed by atoms with Gasteiger partial charge in [-0.2, -0.15) is 0 Å². The van der Waals surface area contributed by atoms with Gasteiger partial charge in [0.25, 0.3) is 5.56 Å². The fourth-order valence-electron chi connectivity index (χ4n) is 1.18. The largest absolute Gasteiger partial charge is 0.480 e. The number of H-pyrrole nitrogens is 1. The molecule has 6 nitrogen and oxygen atoms in total. The van der Waals surface area contributed by atoms with Gasteiger partial charge in [-0.1, -0.05) is 0 Å². The summed E-state index contributed by atoms with van der Waals surface area (Å²) in [5.41, 5.74) is -1.37. The third kappa shape index (κ3) is 1.34. The minimum Gasteiger partial charge on any atom is -0.480 e. The Kier molecular flexibility index (Phi) is 1.77. The summed E-state index contributed by atoms with van der Waals surface area (Å²) in [7, 11) is 0. The Labute approximate surface area is 79.0 Å². The van der Waals surface area contributed by atoms with E-state index in [1.807, 2.05) is 0 Å². The van der Waals surface area contributed by atoms with Crippen molar-refractivity contribution in [3.63, 3.8) is 0 Å². The van der Waals surface area contributed by atoms with Crippen molar-refractivity contribution in [2.24, 2.45) is 0 Å². The second-order valence-corrected chi connectivity index (χ2v) is 3.28. The zero-order valence-electron chi connectivity index (χ0n) is 7.28. The Morgan fingerprint density at radius 1 is 1.64 bits per heavy atom. The number of anilines is 1. The van der Waals surface area contributed by atoms with Crippen molar-refractivity contribution in [3.8, 4) is 0 Å². The molecule has 1 aliphatic rings. The SMILES string of the molecule is O=C(O)C1(Nc2ncc[nH]c2=O)CC1. The Bertz CT molecular complexity index is 422. The molecule has 0 aromatic carbocycles. The normalized spacial score (nSPS) is 17.4. The summed E-state index contributed by atoms with van der Waals surface area (Å²) in [5, 5.41) is 11.5. The van der Waals surface area contributed by atoms with E-state index in [9.17, 15) is 9.59 Å². The van der Waals surface area contributed by atoms with Gasteiger partial charge in [0.05, 0.1) is 0 Å². The molecule has 74 valence electrons. The van der Waals surface area contributed by atoms with Crippen LogP contribution in [0.1, 0.15) is 12.8 Å². The molecule has 1 aromatic rings. The Hall–Kier alpha value is -1.85. The smallest absolute Gasteiger partial charge is 0.329 e. The minimum atomic E-state index is -0.971. The number of nitrogens with one attached hydrogen (secondary N) is 2. The molecule has 0 radical (unpaired) electrons. The van der Waals surface area contributed by atoms with E-state index >= 15 is 0 Å². The maximum atomic E-state index is 11.2. The van der Waals surface area contributed by atoms with Gasteiger partial charge in [-0.3, -0.25) is 4.79 Å². The van der Waals surface area contributed by atoms with E-state index < -0.39 is 17.1 Å². The number of carboxylic acid groups (broad SMARTS) is 1. The standard InChI is InChI=1S/C8H9N3O3/c12-6-5(9-3-4-10-6)11-8(1-2-8)7(13)14/h3-4H,1-2H2,(H,9,11)(H,10,12)(H,13,14). The fraction of sp³-hybridized carbons (Fsp3) is 0.375. The number of hydrogen-bond donors (Lipinski definition) is 3. The van der Waals surface area contributed by atoms with Crippen LogP contribution in [0.3, 0.4) is 0 Å². The monoisotopic (exact) mass is 195 g/mol. The molecule has 0 atom stereocenters. The third-order valence-corrected chi connectivity index (χ3v) is 2.22. The molecule has 1 saturated carbocycles. The molecule has 0 saturated heterocycles. The van der Waals surface area contributed by atoms with Crippen molar-refractivity contribution in [3.05, 3.63) is 22.7 Å². The average Bonchev–Trinajstić information content (AvgIpc) is 2.90. The van der Waals surface area contributed by atoms with E-state index in [-0.39, 0.29) is 5.82 Å². The number of hydrogen-bond acceptors (Lipinski definition) is 4. The summed E-state index contributed by atoms with van der Waals surface area (Å²) in [6.45, 7) is 0. The van der Waals surface area contributed by atoms with E-state index in [1.54, 1.807) is 0 Å². The lowest BCUT2D eigenvalue weighted by Crippen LogP contribution is -2.34. The number of aliphatic carboxylic acids is 1. The predicted molar refractivity (Wildman–Crippen MR) is 48.1 cm³/mol. The molecule has 1 heterocycles. The number of aromatic nitrogens is 2. The summed E-state index contributed by atoms with van der Waals surface area (Å²) in [6, 6.07) is 0. The molecule has 0 aliphatic heterocycles. The van der Waals surface area contributed by atoms with Gasteiger partial charge in [0.2, 0.25) is 0 Å². The third-order valence-electron chi connectivity index (χ3n) is 2.22. The molecule has 1 aromatic heterocycles. The quantitative estimate of drug-likeness (QED) is 0.620. The van der Waals surface area contributed by atoms with Crippen molar-refractivity contribution < 1.29 is 9.90 Å². The lowest BCUT2D eigenvalue weighted by molar-refractivity contribution is -0.138. The second kappa shape index (κ2) is 2.83. The lowest BCUT2D eigenvalue weighted by atomic mass is 10.3. The number of carbonyl (C=O) groups is 1. The van der Waals surface area contributed by atoms with Gasteiger partial charge in [-0.25, -0.2) is 9.78 Å². The van der Waals surface area contributed by atoms with Crippen LogP contribution in [0.15, 0.2) is 17.2 Å². The highest BCUT2D eigenvalue weighted by Crippen LogP contribution is 2.37. The van der Waals surface area contributed by atoms with Gasteiger partial charge in [0.15, 0.2) is 5.82 Å². The molecule has 0 bridgehead atoms. The highest BCUT2D eigenvalue weighted by molar-refractivity contribution is 5.85. The number of rotatable bonds is 3. The zero-order valence-corrected chi connectivity index (χ0v) is 7.28. The van der Waals surface area contributed by atoms with Crippen LogP contribution in [-0.2, 0) is 4.79 Å². The summed E-state index contributed by atoms with van der Waals surface area (Å²) in [5.74, 6) is -0.880. The molecule has 6 heteroatoms. The summed E-state index contributed by atoms with van der Waals surface area (Å²) >= 11 is 0. The topological polar surface area (TPSA) is 95.1 Å². The number of carboxylic acids is 1. The van der Waals surface area contributed by atoms with Crippen LogP contribution in [0.4, 0.5) is 5.82 Å². The molecule has 0 unspecified atom stereocenters. The molecule has 1 fully saturated rings. The summed E-state index contributed by atoms with van der Waals surface area (Å²) < 4.78 is 0. The summed E-state index contributed by atoms with van der Waals surface area (Å²) in [6.07, 6.45) is 3.85. The number of nitrogens with zero attached hydrogens (tertiary/aromatic N) is 1. The molecular weight excluding hydrogens is 186 g/mol. The molecule has 0 spiro atoms. The molecule has 1 aliphatic carbocycles. The molecule has 14 heavy (non-hydrogen) atoms. The average molecular weight is 195 g/mol. The Balaban J connectivity index is 2.24. The molecule has 3 N–H and O–H groups in total. The first-order chi connectivity index (χ1) is 6.64. The van der Waals surface area contributed by atoms with Crippen LogP contribution in [0.25, 0.3) is 0 Å². The highest BCUT2D eigenvalue weighted by Gasteiger charge is 2.51. The van der Waals surface area contributed by atoms with Crippen molar-refractivity contribution in [1.82, 2.24) is 9.97 Å². The van der Waals surface area contributed by atoms with Gasteiger partial charge in [0.1, 0.15) is 5.54 Å². The van der Waals surface area contributed by atoms with E-state index in [0.717, 1.165) is 0 Å². The highest BCUT2D eigenvalue weighted by atomic mass is 16.4. The van der Waals surface area contributed by atoms with Gasteiger partial charge in [-0.15, -0.1) is 0 Å². The van der Waals surface area contributed by atoms with Crippen LogP contribution < -0.4 is 10.9 Å². The number of aromatic amines is 1. The maximum absolute atomic E-state index is 11.2. The van der Waals surface area contributed by atoms with Gasteiger partial charge in [-0.05, 0) is 12.8 Å². The molecule has 0 amide bonds. The van der Waals surface area contributed by atoms with Crippen LogP contribution in [-0.4, -0.2) is 26.6 Å². The van der Waals surface area contributed by atoms with Crippen molar-refractivity contribution in [2.75, 3.05) is 5.32 Å². The van der Waals surface area contributed by atoms with Gasteiger partial charge < -0.3 is 15.4 Å². The molecule has 2 rings (SSSR count). The first-order valence-corrected chi connectivity index (χ1v) is 4.19. The second-order valence-electron chi connectivity index (χ2n) is 3.28. The van der Waals surface area contributed by atoms with Crippen molar-refractivity contribution >= 4 is 11.8 Å². The Morgan fingerprint density at radius 2 is 2.36 bits per heavy atom. The van der Waals surface area contributed by atoms with Crippen molar-refractivity contribution in [1.29, 1.82) is 0 Å².